The lowest BCUT2D eigenvalue weighted by molar-refractivity contribution is -0.138. The first-order valence-corrected chi connectivity index (χ1v) is 5.11. The third-order valence-electron chi connectivity index (χ3n) is 2.46. The fourth-order valence-electron chi connectivity index (χ4n) is 1.70. The van der Waals surface area contributed by atoms with E-state index in [1.165, 1.54) is 10.7 Å². The van der Waals surface area contributed by atoms with Crippen LogP contribution in [0.3, 0.4) is 0 Å². The Balaban J connectivity index is 2.40. The molecular weight excluding hydrogens is 229 g/mol. The maximum atomic E-state index is 12.8. The molecule has 0 aliphatic rings. The topological polar surface area (TPSA) is 17.8 Å². The Kier molecular flexibility index (Phi) is 2.92. The number of aromatic nitrogens is 2. The van der Waals surface area contributed by atoms with Gasteiger partial charge in [0.15, 0.2) is 0 Å². The van der Waals surface area contributed by atoms with Gasteiger partial charge in [-0.05, 0) is 24.6 Å². The fourth-order valence-corrected chi connectivity index (χ4v) is 1.70. The molecule has 0 bridgehead atoms. The highest BCUT2D eigenvalue weighted by Gasteiger charge is 2.33. The summed E-state index contributed by atoms with van der Waals surface area (Å²) in [6.07, 6.45) is -1.14. The van der Waals surface area contributed by atoms with E-state index in [0.29, 0.717) is 0 Å². The van der Waals surface area contributed by atoms with Crippen molar-refractivity contribution in [1.82, 2.24) is 9.78 Å². The molecule has 0 amide bonds. The fraction of sp³-hybridized carbons (Fsp3) is 0.250. The minimum Gasteiger partial charge on any atom is -0.268 e. The van der Waals surface area contributed by atoms with E-state index in [1.807, 2.05) is 0 Å². The predicted molar refractivity (Wildman–Crippen MR) is 57.5 cm³/mol. The zero-order chi connectivity index (χ0) is 12.5. The Bertz CT molecular complexity index is 501. The summed E-state index contributed by atoms with van der Waals surface area (Å²) in [7, 11) is 0. The van der Waals surface area contributed by atoms with E-state index in [-0.39, 0.29) is 12.1 Å². The molecular formula is C12H11F3N2. The lowest BCUT2D eigenvalue weighted by Gasteiger charge is -2.13. The molecule has 0 N–H and O–H groups in total. The molecule has 2 nitrogen and oxygen atoms in total. The molecule has 1 aromatic heterocycles. The van der Waals surface area contributed by atoms with E-state index in [1.54, 1.807) is 31.5 Å². The molecule has 5 heteroatoms. The van der Waals surface area contributed by atoms with Crippen molar-refractivity contribution < 1.29 is 13.2 Å². The molecule has 0 fully saturated rings. The van der Waals surface area contributed by atoms with Crippen molar-refractivity contribution in [2.75, 3.05) is 0 Å². The quantitative estimate of drug-likeness (QED) is 0.787. The van der Waals surface area contributed by atoms with E-state index < -0.39 is 11.7 Å². The molecule has 2 rings (SSSR count). The lowest BCUT2D eigenvalue weighted by Crippen LogP contribution is -2.12. The third kappa shape index (κ3) is 2.67. The Hall–Kier alpha value is -1.78. The third-order valence-corrected chi connectivity index (χ3v) is 2.46. The molecule has 0 saturated heterocycles. The zero-order valence-corrected chi connectivity index (χ0v) is 9.20. The van der Waals surface area contributed by atoms with Crippen LogP contribution in [0.4, 0.5) is 13.2 Å². The van der Waals surface area contributed by atoms with Crippen LogP contribution in [0.5, 0.6) is 0 Å². The number of alkyl halides is 3. The van der Waals surface area contributed by atoms with Gasteiger partial charge in [-0.1, -0.05) is 17.7 Å². The van der Waals surface area contributed by atoms with Gasteiger partial charge < -0.3 is 0 Å². The standard InChI is InChI=1S/C12H11F3N2/c1-9-3-4-11(12(13,14)15)10(7-9)8-17-6-2-5-16-17/h2-7H,8H2,1H3. The minimum atomic E-state index is -4.32. The second-order valence-electron chi connectivity index (χ2n) is 3.86. The first-order valence-electron chi connectivity index (χ1n) is 5.11. The second-order valence-corrected chi connectivity index (χ2v) is 3.86. The van der Waals surface area contributed by atoms with Crippen LogP contribution < -0.4 is 0 Å². The van der Waals surface area contributed by atoms with Crippen molar-refractivity contribution >= 4 is 0 Å². The molecule has 0 spiro atoms. The summed E-state index contributed by atoms with van der Waals surface area (Å²) in [6, 6.07) is 5.82. The van der Waals surface area contributed by atoms with E-state index in [0.717, 1.165) is 11.6 Å². The van der Waals surface area contributed by atoms with Crippen molar-refractivity contribution in [1.29, 1.82) is 0 Å². The van der Waals surface area contributed by atoms with Gasteiger partial charge in [0.1, 0.15) is 0 Å². The SMILES string of the molecule is Cc1ccc(C(F)(F)F)c(Cn2cccn2)c1. The molecule has 0 saturated carbocycles. The minimum absolute atomic E-state index is 0.128. The molecule has 17 heavy (non-hydrogen) atoms. The molecule has 0 atom stereocenters. The maximum Gasteiger partial charge on any atom is 0.416 e. The summed E-state index contributed by atoms with van der Waals surface area (Å²) in [4.78, 5) is 0. The van der Waals surface area contributed by atoms with Crippen LogP contribution >= 0.6 is 0 Å². The highest BCUT2D eigenvalue weighted by atomic mass is 19.4. The van der Waals surface area contributed by atoms with Gasteiger partial charge in [0.05, 0.1) is 12.1 Å². The summed E-state index contributed by atoms with van der Waals surface area (Å²) >= 11 is 0. The highest BCUT2D eigenvalue weighted by Crippen LogP contribution is 2.32. The summed E-state index contributed by atoms with van der Waals surface area (Å²) in [6.45, 7) is 1.90. The Labute approximate surface area is 96.7 Å². The van der Waals surface area contributed by atoms with E-state index in [9.17, 15) is 13.2 Å². The maximum absolute atomic E-state index is 12.8. The van der Waals surface area contributed by atoms with Gasteiger partial charge in [-0.15, -0.1) is 0 Å². The molecule has 0 radical (unpaired) electrons. The molecule has 90 valence electrons. The Morgan fingerprint density at radius 1 is 1.29 bits per heavy atom. The molecule has 2 aromatic rings. The van der Waals surface area contributed by atoms with Crippen LogP contribution in [-0.4, -0.2) is 9.78 Å². The van der Waals surface area contributed by atoms with Gasteiger partial charge in [-0.25, -0.2) is 0 Å². The van der Waals surface area contributed by atoms with E-state index in [2.05, 4.69) is 5.10 Å². The Morgan fingerprint density at radius 2 is 2.06 bits per heavy atom. The van der Waals surface area contributed by atoms with Crippen LogP contribution in [0, 0.1) is 6.92 Å². The second kappa shape index (κ2) is 4.24. The molecule has 0 unspecified atom stereocenters. The number of nitrogens with zero attached hydrogens (tertiary/aromatic N) is 2. The van der Waals surface area contributed by atoms with Crippen molar-refractivity contribution in [2.24, 2.45) is 0 Å². The molecule has 1 heterocycles. The van der Waals surface area contributed by atoms with Crippen LogP contribution in [-0.2, 0) is 12.7 Å². The smallest absolute Gasteiger partial charge is 0.268 e. The summed E-state index contributed by atoms with van der Waals surface area (Å²) < 4.78 is 39.8. The van der Waals surface area contributed by atoms with Crippen molar-refractivity contribution in [3.05, 3.63) is 53.3 Å². The highest BCUT2D eigenvalue weighted by molar-refractivity contribution is 5.33. The van der Waals surface area contributed by atoms with Crippen molar-refractivity contribution in [3.8, 4) is 0 Å². The molecule has 1 aromatic carbocycles. The molecule has 0 aliphatic heterocycles. The van der Waals surface area contributed by atoms with Crippen molar-refractivity contribution in [3.63, 3.8) is 0 Å². The van der Waals surface area contributed by atoms with Crippen LogP contribution in [0.1, 0.15) is 16.7 Å². The largest absolute Gasteiger partial charge is 0.416 e. The predicted octanol–water partition coefficient (Wildman–Crippen LogP) is 3.26. The number of halogens is 3. The van der Waals surface area contributed by atoms with Crippen LogP contribution in [0.25, 0.3) is 0 Å². The monoisotopic (exact) mass is 240 g/mol. The average Bonchev–Trinajstić information content (AvgIpc) is 2.68. The van der Waals surface area contributed by atoms with E-state index >= 15 is 0 Å². The van der Waals surface area contributed by atoms with Crippen LogP contribution in [0.2, 0.25) is 0 Å². The zero-order valence-electron chi connectivity index (χ0n) is 9.20. The van der Waals surface area contributed by atoms with Gasteiger partial charge in [0.2, 0.25) is 0 Å². The summed E-state index contributed by atoms with van der Waals surface area (Å²) in [5.41, 5.74) is 0.444. The first-order chi connectivity index (χ1) is 7.97. The number of hydrogen-bond acceptors (Lipinski definition) is 1. The number of hydrogen-bond donors (Lipinski definition) is 0. The first kappa shape index (κ1) is 11.7. The van der Waals surface area contributed by atoms with Gasteiger partial charge in [0, 0.05) is 12.4 Å². The number of rotatable bonds is 2. The number of aryl methyl sites for hydroxylation is 1. The average molecular weight is 240 g/mol. The summed E-state index contributed by atoms with van der Waals surface area (Å²) in [5.74, 6) is 0. The van der Waals surface area contributed by atoms with Gasteiger partial charge in [-0.2, -0.15) is 18.3 Å². The van der Waals surface area contributed by atoms with Gasteiger partial charge in [0.25, 0.3) is 0 Å². The van der Waals surface area contributed by atoms with Crippen molar-refractivity contribution in [2.45, 2.75) is 19.6 Å². The number of benzene rings is 1. The van der Waals surface area contributed by atoms with E-state index in [4.69, 9.17) is 0 Å². The summed E-state index contributed by atoms with van der Waals surface area (Å²) in [5, 5.41) is 3.91. The van der Waals surface area contributed by atoms with Crippen LogP contribution in [0.15, 0.2) is 36.7 Å². The Morgan fingerprint density at radius 3 is 2.65 bits per heavy atom. The lowest BCUT2D eigenvalue weighted by atomic mass is 10.0. The van der Waals surface area contributed by atoms with Gasteiger partial charge in [-0.3, -0.25) is 4.68 Å². The van der Waals surface area contributed by atoms with Gasteiger partial charge >= 0.3 is 6.18 Å². The molecule has 0 aliphatic carbocycles. The normalized spacial score (nSPS) is 11.8.